The Balaban J connectivity index is 0.00000241. The van der Waals surface area contributed by atoms with Gasteiger partial charge >= 0.3 is 0 Å². The molecule has 0 aliphatic carbocycles. The summed E-state index contributed by atoms with van der Waals surface area (Å²) in [5.74, 6) is 0.708. The molecule has 6 heteroatoms. The van der Waals surface area contributed by atoms with E-state index in [-0.39, 0.29) is 20.1 Å². The van der Waals surface area contributed by atoms with Crippen molar-refractivity contribution in [2.24, 2.45) is 7.05 Å². The third-order valence-electron chi connectivity index (χ3n) is 5.88. The zero-order chi connectivity index (χ0) is 22.2. The number of rotatable bonds is 4. The molecule has 0 N–H and O–H groups in total. The summed E-state index contributed by atoms with van der Waals surface area (Å²) in [4.78, 5) is 9.28. The van der Waals surface area contributed by atoms with Crippen molar-refractivity contribution in [2.45, 2.75) is 0 Å². The largest absolute Gasteiger partial charge is 0.352 e. The molecule has 6 aromatic rings. The number of aryl methyl sites for hydroxylation is 1. The predicted octanol–water partition coefficient (Wildman–Crippen LogP) is 5.95. The van der Waals surface area contributed by atoms with E-state index in [0.717, 1.165) is 44.5 Å². The Hall–Kier alpha value is -3.86. The van der Waals surface area contributed by atoms with Gasteiger partial charge in [0.15, 0.2) is 0 Å². The van der Waals surface area contributed by atoms with Gasteiger partial charge in [-0.15, -0.1) is 18.2 Å². The average molecular weight is 619 g/mol. The third kappa shape index (κ3) is 3.67. The Kier molecular flexibility index (Phi) is 5.93. The SMILES string of the molecule is Cn1cnc2c(-c3ncnn3-c3c(-c4ccccc4)cccc3-c3ccccc3)[c-]ccc21.[Ir]. The Morgan fingerprint density at radius 2 is 1.38 bits per heavy atom. The predicted molar refractivity (Wildman–Crippen MR) is 131 cm³/mol. The molecule has 0 spiro atoms. The zero-order valence-corrected chi connectivity index (χ0v) is 20.8. The van der Waals surface area contributed by atoms with E-state index >= 15 is 0 Å². The molecule has 6 rings (SSSR count). The molecule has 1 radical (unpaired) electrons. The quantitative estimate of drug-likeness (QED) is 0.230. The van der Waals surface area contributed by atoms with Crippen molar-refractivity contribution in [2.75, 3.05) is 0 Å². The number of benzene rings is 4. The van der Waals surface area contributed by atoms with Crippen molar-refractivity contribution >= 4 is 11.0 Å². The van der Waals surface area contributed by atoms with Gasteiger partial charge in [-0.05, 0) is 16.6 Å². The van der Waals surface area contributed by atoms with Gasteiger partial charge in [0.1, 0.15) is 6.33 Å². The van der Waals surface area contributed by atoms with Crippen molar-refractivity contribution in [3.05, 3.63) is 110 Å². The molecule has 0 fully saturated rings. The van der Waals surface area contributed by atoms with Crippen molar-refractivity contribution in [1.29, 1.82) is 0 Å². The van der Waals surface area contributed by atoms with Gasteiger partial charge in [-0.25, -0.2) is 0 Å². The van der Waals surface area contributed by atoms with E-state index in [4.69, 9.17) is 5.10 Å². The van der Waals surface area contributed by atoms with Crippen LogP contribution in [-0.4, -0.2) is 24.3 Å². The van der Waals surface area contributed by atoms with Gasteiger partial charge in [0.05, 0.1) is 17.8 Å². The van der Waals surface area contributed by atoms with Crippen LogP contribution in [0.5, 0.6) is 0 Å². The summed E-state index contributed by atoms with van der Waals surface area (Å²) in [5, 5.41) is 4.70. The molecule has 5 nitrogen and oxygen atoms in total. The Morgan fingerprint density at radius 1 is 0.735 bits per heavy atom. The fourth-order valence-corrected chi connectivity index (χ4v) is 4.32. The average Bonchev–Trinajstić information content (AvgIpc) is 3.52. The first-order valence-corrected chi connectivity index (χ1v) is 10.8. The topological polar surface area (TPSA) is 48.5 Å². The van der Waals surface area contributed by atoms with Gasteiger partial charge in [-0.3, -0.25) is 14.6 Å². The maximum atomic E-state index is 4.70. The fourth-order valence-electron chi connectivity index (χ4n) is 4.32. The summed E-state index contributed by atoms with van der Waals surface area (Å²) in [6, 6.07) is 34.4. The van der Waals surface area contributed by atoms with Crippen LogP contribution < -0.4 is 0 Å². The number of aromatic nitrogens is 5. The molecule has 0 unspecified atom stereocenters. The summed E-state index contributed by atoms with van der Waals surface area (Å²) in [7, 11) is 1.99. The first-order chi connectivity index (χ1) is 16.3. The first kappa shape index (κ1) is 22.0. The molecule has 0 saturated carbocycles. The Bertz CT molecular complexity index is 1510. The van der Waals surface area contributed by atoms with Crippen LogP contribution in [0.25, 0.3) is 50.4 Å². The number of nitrogens with zero attached hydrogens (tertiary/aromatic N) is 5. The number of hydrogen-bond donors (Lipinski definition) is 0. The molecule has 4 aromatic carbocycles. The summed E-state index contributed by atoms with van der Waals surface area (Å²) in [6.07, 6.45) is 3.41. The van der Waals surface area contributed by atoms with Crippen LogP contribution in [0.4, 0.5) is 0 Å². The van der Waals surface area contributed by atoms with Crippen LogP contribution in [0.15, 0.2) is 104 Å². The Labute approximate surface area is 211 Å². The van der Waals surface area contributed by atoms with E-state index in [0.29, 0.717) is 5.82 Å². The standard InChI is InChI=1S/C28H20N5.Ir/c1-32-19-30-26-24(16-9-17-25(26)32)28-29-18-31-33(28)27-22(20-10-4-2-5-11-20)14-8-15-23(27)21-12-6-3-7-13-21;/h2-15,17-19H,1H3;/q-1;. The minimum atomic E-state index is 0. The summed E-state index contributed by atoms with van der Waals surface area (Å²) < 4.78 is 3.92. The van der Waals surface area contributed by atoms with Gasteiger partial charge in [0, 0.05) is 43.8 Å². The number of fused-ring (bicyclic) bond motifs is 1. The second kappa shape index (κ2) is 9.18. The molecule has 0 aliphatic heterocycles. The molecule has 0 saturated heterocycles. The van der Waals surface area contributed by atoms with E-state index in [1.165, 1.54) is 0 Å². The first-order valence-electron chi connectivity index (χ1n) is 10.8. The van der Waals surface area contributed by atoms with Crippen LogP contribution >= 0.6 is 0 Å². The number of para-hydroxylation sites is 1. The summed E-state index contributed by atoms with van der Waals surface area (Å²) >= 11 is 0. The molecular weight excluding hydrogens is 599 g/mol. The van der Waals surface area contributed by atoms with Gasteiger partial charge in [-0.1, -0.05) is 84.4 Å². The maximum absolute atomic E-state index is 4.70. The van der Waals surface area contributed by atoms with Gasteiger partial charge in [0.25, 0.3) is 0 Å². The van der Waals surface area contributed by atoms with E-state index in [1.54, 1.807) is 6.33 Å². The monoisotopic (exact) mass is 619 g/mol. The second-order valence-electron chi connectivity index (χ2n) is 7.87. The molecule has 2 heterocycles. The maximum Gasteiger partial charge on any atom is 0.127 e. The minimum absolute atomic E-state index is 0. The molecule has 0 bridgehead atoms. The smallest absolute Gasteiger partial charge is 0.127 e. The van der Waals surface area contributed by atoms with Crippen LogP contribution in [0, 0.1) is 6.07 Å². The number of imidazole rings is 1. The normalized spacial score (nSPS) is 10.9. The molecular formula is C28H20IrN5-. The van der Waals surface area contributed by atoms with E-state index in [9.17, 15) is 0 Å². The van der Waals surface area contributed by atoms with Crippen LogP contribution in [0.1, 0.15) is 0 Å². The van der Waals surface area contributed by atoms with Crippen molar-refractivity contribution in [1.82, 2.24) is 24.3 Å². The van der Waals surface area contributed by atoms with Crippen molar-refractivity contribution < 1.29 is 20.1 Å². The van der Waals surface area contributed by atoms with Gasteiger partial charge < -0.3 is 4.57 Å². The van der Waals surface area contributed by atoms with Crippen LogP contribution in [0.2, 0.25) is 0 Å². The van der Waals surface area contributed by atoms with Crippen LogP contribution in [-0.2, 0) is 27.2 Å². The molecule has 0 amide bonds. The summed E-state index contributed by atoms with van der Waals surface area (Å²) in [5.41, 5.74) is 8.08. The van der Waals surface area contributed by atoms with E-state index in [2.05, 4.69) is 82.8 Å². The second-order valence-corrected chi connectivity index (χ2v) is 7.87. The number of hydrogen-bond acceptors (Lipinski definition) is 3. The molecule has 34 heavy (non-hydrogen) atoms. The zero-order valence-electron chi connectivity index (χ0n) is 18.4. The summed E-state index contributed by atoms with van der Waals surface area (Å²) in [6.45, 7) is 0. The molecule has 2 aromatic heterocycles. The molecule has 0 aliphatic rings. The third-order valence-corrected chi connectivity index (χ3v) is 5.88. The van der Waals surface area contributed by atoms with Gasteiger partial charge in [0.2, 0.25) is 0 Å². The fraction of sp³-hybridized carbons (Fsp3) is 0.0357. The van der Waals surface area contributed by atoms with Gasteiger partial charge in [-0.2, -0.15) is 5.10 Å². The molecule has 0 atom stereocenters. The molecule has 167 valence electrons. The Morgan fingerprint density at radius 3 is 2.03 bits per heavy atom. The van der Waals surface area contributed by atoms with E-state index < -0.39 is 0 Å². The van der Waals surface area contributed by atoms with Crippen LogP contribution in [0.3, 0.4) is 0 Å². The minimum Gasteiger partial charge on any atom is -0.352 e. The van der Waals surface area contributed by atoms with E-state index in [1.807, 2.05) is 46.9 Å². The van der Waals surface area contributed by atoms with Crippen molar-refractivity contribution in [3.63, 3.8) is 0 Å². The van der Waals surface area contributed by atoms with Crippen molar-refractivity contribution in [3.8, 4) is 39.3 Å².